The molecule has 47 heavy (non-hydrogen) atoms. The van der Waals surface area contributed by atoms with Crippen molar-refractivity contribution in [1.82, 2.24) is 0 Å². The van der Waals surface area contributed by atoms with Crippen molar-refractivity contribution in [2.75, 3.05) is 0 Å². The van der Waals surface area contributed by atoms with E-state index in [9.17, 15) is 0 Å². The van der Waals surface area contributed by atoms with Gasteiger partial charge in [0.2, 0.25) is 0 Å². The lowest BCUT2D eigenvalue weighted by Crippen LogP contribution is -2.42. The summed E-state index contributed by atoms with van der Waals surface area (Å²) in [5.41, 5.74) is 15.7. The standard InChI is InChI=1S/C47H44/c1-5-27-25-39-40(26-38(27)42-28(6-2)24-32-19-18-30-13-11-14-31-21-22-36(42)43(32)41(30)31)47(3,4)46-37-23-20-29-12-7-8-15-33(29)44(37)34-16-9-10-17-35(34)45(39)46/h7-10,12-13,15-20,22-25,31,37,40,46H,5-6,11,14,21,26H2,1-4H3. The van der Waals surface area contributed by atoms with Crippen LogP contribution in [0.15, 0.2) is 90.0 Å². The highest BCUT2D eigenvalue weighted by atomic mass is 14.6. The molecule has 0 radical (unpaired) electrons. The van der Waals surface area contributed by atoms with E-state index in [1.165, 1.54) is 57.0 Å². The average Bonchev–Trinajstić information content (AvgIpc) is 3.35. The van der Waals surface area contributed by atoms with Gasteiger partial charge in [0.05, 0.1) is 0 Å². The molecular formula is C47H44. The summed E-state index contributed by atoms with van der Waals surface area (Å²) in [6.45, 7) is 9.97. The molecule has 232 valence electrons. The summed E-state index contributed by atoms with van der Waals surface area (Å²) in [5.74, 6) is 2.02. The van der Waals surface area contributed by atoms with Gasteiger partial charge in [0.1, 0.15) is 0 Å². The van der Waals surface area contributed by atoms with Crippen molar-refractivity contribution in [2.45, 2.75) is 72.1 Å². The minimum absolute atomic E-state index is 0.120. The van der Waals surface area contributed by atoms with Gasteiger partial charge in [-0.25, -0.2) is 0 Å². The van der Waals surface area contributed by atoms with Crippen LogP contribution in [-0.2, 0) is 6.42 Å². The van der Waals surface area contributed by atoms with E-state index in [1.807, 2.05) is 0 Å². The predicted octanol–water partition coefficient (Wildman–Crippen LogP) is 8.72. The van der Waals surface area contributed by atoms with Crippen LogP contribution in [0.5, 0.6) is 0 Å². The summed E-state index contributed by atoms with van der Waals surface area (Å²) in [7, 11) is 0. The third-order valence-corrected chi connectivity index (χ3v) is 13.2. The van der Waals surface area contributed by atoms with Crippen molar-refractivity contribution < 1.29 is 0 Å². The highest BCUT2D eigenvalue weighted by molar-refractivity contribution is 5.95. The summed E-state index contributed by atoms with van der Waals surface area (Å²) >= 11 is 0. The van der Waals surface area contributed by atoms with E-state index in [0.717, 1.165) is 19.3 Å². The van der Waals surface area contributed by atoms with Gasteiger partial charge in [-0.1, -0.05) is 125 Å². The Morgan fingerprint density at radius 1 is 0.851 bits per heavy atom. The average molecular weight is 609 g/mol. The first kappa shape index (κ1) is 27.9. The van der Waals surface area contributed by atoms with Gasteiger partial charge in [-0.3, -0.25) is 0 Å². The largest absolute Gasteiger partial charge is 0.0769 e. The minimum atomic E-state index is 0.120. The molecule has 6 aliphatic rings. The number of benzene rings is 4. The maximum Gasteiger partial charge on any atom is 0.0108 e. The van der Waals surface area contributed by atoms with Gasteiger partial charge >= 0.3 is 0 Å². The Kier molecular flexibility index (Phi) is 5.89. The van der Waals surface area contributed by atoms with Crippen LogP contribution in [0.2, 0.25) is 0 Å². The quantitative estimate of drug-likeness (QED) is 0.218. The van der Waals surface area contributed by atoms with E-state index in [4.69, 9.17) is 0 Å². The molecule has 0 aliphatic heterocycles. The Morgan fingerprint density at radius 3 is 2.49 bits per heavy atom. The topological polar surface area (TPSA) is 0 Å². The Labute approximate surface area is 278 Å². The van der Waals surface area contributed by atoms with Crippen LogP contribution in [0.3, 0.4) is 0 Å². The zero-order valence-corrected chi connectivity index (χ0v) is 28.3. The van der Waals surface area contributed by atoms with Gasteiger partial charge in [-0.05, 0) is 143 Å². The Balaban J connectivity index is 1.26. The van der Waals surface area contributed by atoms with Gasteiger partial charge in [0.25, 0.3) is 0 Å². The molecule has 4 aromatic carbocycles. The molecule has 0 heteroatoms. The number of fused-ring (bicyclic) bond motifs is 8. The van der Waals surface area contributed by atoms with Gasteiger partial charge < -0.3 is 0 Å². The van der Waals surface area contributed by atoms with Crippen LogP contribution in [0, 0.1) is 23.2 Å². The molecule has 6 aliphatic carbocycles. The molecule has 4 aromatic rings. The first-order valence-electron chi connectivity index (χ1n) is 18.3. The number of rotatable bonds is 3. The molecule has 0 saturated heterocycles. The molecule has 0 N–H and O–H groups in total. The fraction of sp³-hybridized carbons (Fsp3) is 0.319. The van der Waals surface area contributed by atoms with Gasteiger partial charge in [-0.2, -0.15) is 0 Å². The van der Waals surface area contributed by atoms with Crippen LogP contribution < -0.4 is 20.9 Å². The van der Waals surface area contributed by atoms with E-state index in [-0.39, 0.29) is 5.41 Å². The zero-order valence-electron chi connectivity index (χ0n) is 28.3. The summed E-state index contributed by atoms with van der Waals surface area (Å²) in [4.78, 5) is 0. The van der Waals surface area contributed by atoms with Crippen LogP contribution in [0.25, 0.3) is 45.7 Å². The summed E-state index contributed by atoms with van der Waals surface area (Å²) < 4.78 is 0. The molecule has 0 amide bonds. The summed E-state index contributed by atoms with van der Waals surface area (Å²) in [6, 6.07) is 25.8. The van der Waals surface area contributed by atoms with Crippen molar-refractivity contribution in [3.8, 4) is 0 Å². The number of hydrogen-bond donors (Lipinski definition) is 0. The van der Waals surface area contributed by atoms with E-state index < -0.39 is 0 Å². The molecule has 1 fully saturated rings. The monoisotopic (exact) mass is 608 g/mol. The van der Waals surface area contributed by atoms with Crippen LogP contribution >= 0.6 is 0 Å². The Hall–Kier alpha value is -4.16. The highest BCUT2D eigenvalue weighted by Crippen LogP contribution is 2.64. The van der Waals surface area contributed by atoms with Gasteiger partial charge in [0.15, 0.2) is 0 Å². The Bertz CT molecular complexity index is 2420. The Morgan fingerprint density at radius 2 is 1.66 bits per heavy atom. The number of aryl methyl sites for hydroxylation is 1. The second-order valence-electron chi connectivity index (χ2n) is 15.6. The van der Waals surface area contributed by atoms with E-state index in [0.29, 0.717) is 23.7 Å². The lowest BCUT2D eigenvalue weighted by molar-refractivity contribution is 0.196. The lowest BCUT2D eigenvalue weighted by atomic mass is 9.62. The SMILES string of the molecule is CCC1=C(c2c(CC)cc3ccc4c5c3c2=CCC5CCC=4)CC2C(=C1)C1=c3ccccc3=C3c4ccccc4C=CC3C1C2(C)C. The van der Waals surface area contributed by atoms with Crippen molar-refractivity contribution >= 4 is 45.7 Å². The second-order valence-corrected chi connectivity index (χ2v) is 15.6. The third-order valence-electron chi connectivity index (χ3n) is 13.2. The maximum atomic E-state index is 2.69. The first-order valence-corrected chi connectivity index (χ1v) is 18.3. The van der Waals surface area contributed by atoms with Crippen molar-refractivity contribution in [3.63, 3.8) is 0 Å². The fourth-order valence-electron chi connectivity index (χ4n) is 11.2. The van der Waals surface area contributed by atoms with Crippen LogP contribution in [0.1, 0.15) is 93.5 Å². The molecule has 1 saturated carbocycles. The lowest BCUT2D eigenvalue weighted by Gasteiger charge is -2.41. The van der Waals surface area contributed by atoms with Crippen LogP contribution in [0.4, 0.5) is 0 Å². The molecule has 0 nitrogen and oxygen atoms in total. The smallest absolute Gasteiger partial charge is 0.0108 e. The fourth-order valence-corrected chi connectivity index (χ4v) is 11.2. The van der Waals surface area contributed by atoms with E-state index in [2.05, 4.69) is 125 Å². The van der Waals surface area contributed by atoms with Crippen molar-refractivity contribution in [2.24, 2.45) is 23.2 Å². The van der Waals surface area contributed by atoms with Gasteiger partial charge in [0, 0.05) is 11.8 Å². The van der Waals surface area contributed by atoms with Crippen molar-refractivity contribution in [3.05, 3.63) is 139 Å². The predicted molar refractivity (Wildman–Crippen MR) is 199 cm³/mol. The number of hydrogen-bond acceptors (Lipinski definition) is 0. The molecule has 4 unspecified atom stereocenters. The second kappa shape index (κ2) is 9.93. The summed E-state index contributed by atoms with van der Waals surface area (Å²) in [5, 5.41) is 8.99. The molecule has 0 aromatic heterocycles. The normalized spacial score (nSPS) is 25.7. The maximum absolute atomic E-state index is 2.69. The molecule has 4 atom stereocenters. The zero-order chi connectivity index (χ0) is 31.6. The van der Waals surface area contributed by atoms with E-state index >= 15 is 0 Å². The van der Waals surface area contributed by atoms with E-state index in [1.54, 1.807) is 49.6 Å². The first-order chi connectivity index (χ1) is 23.0. The van der Waals surface area contributed by atoms with Crippen molar-refractivity contribution in [1.29, 1.82) is 0 Å². The highest BCUT2D eigenvalue weighted by Gasteiger charge is 2.55. The van der Waals surface area contributed by atoms with Crippen LogP contribution in [-0.4, -0.2) is 0 Å². The number of allylic oxidation sites excluding steroid dienone is 5. The summed E-state index contributed by atoms with van der Waals surface area (Å²) in [6.07, 6.45) is 19.8. The molecule has 0 heterocycles. The third kappa shape index (κ3) is 3.65. The molecule has 0 spiro atoms. The molecule has 0 bridgehead atoms. The molecule has 10 rings (SSSR count). The molecular weight excluding hydrogens is 565 g/mol. The minimum Gasteiger partial charge on any atom is -0.0769 e. The van der Waals surface area contributed by atoms with Gasteiger partial charge in [-0.15, -0.1) is 0 Å².